The summed E-state index contributed by atoms with van der Waals surface area (Å²) in [5.74, 6) is 5.95. The molecule has 1 aliphatic heterocycles. The molecule has 124 valence electrons. The van der Waals surface area contributed by atoms with Gasteiger partial charge in [-0.15, -0.1) is 0 Å². The van der Waals surface area contributed by atoms with Gasteiger partial charge in [0.15, 0.2) is 6.29 Å². The molecule has 1 N–H and O–H groups in total. The Morgan fingerprint density at radius 1 is 1.39 bits per heavy atom. The van der Waals surface area contributed by atoms with Gasteiger partial charge in [-0.1, -0.05) is 33.8 Å². The fourth-order valence-electron chi connectivity index (χ4n) is 1.98. The minimum absolute atomic E-state index is 0.202. The summed E-state index contributed by atoms with van der Waals surface area (Å²) < 4.78 is 17.1. The van der Waals surface area contributed by atoms with Gasteiger partial charge in [-0.2, -0.15) is 0 Å². The predicted molar refractivity (Wildman–Crippen MR) is 89.9 cm³/mol. The summed E-state index contributed by atoms with van der Waals surface area (Å²) >= 11 is 3.50. The molecule has 0 radical (unpaired) electrons. The van der Waals surface area contributed by atoms with E-state index in [1.54, 1.807) is 0 Å². The van der Waals surface area contributed by atoms with Crippen LogP contribution in [0.4, 0.5) is 4.79 Å². The van der Waals surface area contributed by atoms with Crippen molar-refractivity contribution in [2.45, 2.75) is 32.7 Å². The number of carbonyl (C=O) groups is 1. The van der Waals surface area contributed by atoms with E-state index >= 15 is 0 Å². The molecule has 0 aliphatic carbocycles. The van der Waals surface area contributed by atoms with E-state index in [2.05, 4.69) is 33.1 Å². The van der Waals surface area contributed by atoms with Crippen molar-refractivity contribution < 1.29 is 19.0 Å². The third-order valence-electron chi connectivity index (χ3n) is 2.85. The molecule has 1 amide bonds. The number of carbonyl (C=O) groups excluding carboxylic acids is 1. The van der Waals surface area contributed by atoms with Crippen LogP contribution >= 0.6 is 15.9 Å². The molecule has 1 fully saturated rings. The Hall–Kier alpha value is -1.55. The van der Waals surface area contributed by atoms with Gasteiger partial charge < -0.3 is 19.5 Å². The van der Waals surface area contributed by atoms with E-state index in [0.717, 1.165) is 15.6 Å². The first-order valence-electron chi connectivity index (χ1n) is 7.34. The summed E-state index contributed by atoms with van der Waals surface area (Å²) in [6.07, 6.45) is -0.891. The molecule has 1 aromatic rings. The van der Waals surface area contributed by atoms with E-state index in [4.69, 9.17) is 14.2 Å². The normalized spacial score (nSPS) is 15.0. The molecule has 0 saturated carbocycles. The summed E-state index contributed by atoms with van der Waals surface area (Å²) in [7, 11) is 0. The smallest absolute Gasteiger partial charge is 0.408 e. The highest BCUT2D eigenvalue weighted by Crippen LogP contribution is 2.32. The summed E-state index contributed by atoms with van der Waals surface area (Å²) in [6, 6.07) is 5.71. The van der Waals surface area contributed by atoms with Crippen molar-refractivity contribution in [3.63, 3.8) is 0 Å². The van der Waals surface area contributed by atoms with Crippen LogP contribution in [0, 0.1) is 11.8 Å². The number of ether oxygens (including phenoxy) is 3. The Bertz CT molecular complexity index is 622. The van der Waals surface area contributed by atoms with Crippen LogP contribution in [0.15, 0.2) is 22.7 Å². The Morgan fingerprint density at radius 3 is 2.74 bits per heavy atom. The standard InChI is InChI=1S/C17H20BrNO4/c1-17(2,3)23-16(20)19-9-5-7-12-6-4-8-13(18)14(12)15-21-10-11-22-15/h4,6,8,15H,9-11H2,1-3H3,(H,19,20). The second-order valence-electron chi connectivity index (χ2n) is 5.93. The average Bonchev–Trinajstić information content (AvgIpc) is 2.95. The lowest BCUT2D eigenvalue weighted by Gasteiger charge is -2.19. The van der Waals surface area contributed by atoms with Crippen molar-refractivity contribution in [2.24, 2.45) is 0 Å². The maximum Gasteiger partial charge on any atom is 0.408 e. The van der Waals surface area contributed by atoms with Gasteiger partial charge in [0.25, 0.3) is 0 Å². The van der Waals surface area contributed by atoms with Crippen molar-refractivity contribution in [3.05, 3.63) is 33.8 Å². The molecular weight excluding hydrogens is 362 g/mol. The summed E-state index contributed by atoms with van der Waals surface area (Å²) in [4.78, 5) is 11.6. The lowest BCUT2D eigenvalue weighted by Crippen LogP contribution is -2.32. The maximum atomic E-state index is 11.6. The first-order valence-corrected chi connectivity index (χ1v) is 8.13. The molecular formula is C17H20BrNO4. The second-order valence-corrected chi connectivity index (χ2v) is 6.79. The van der Waals surface area contributed by atoms with Crippen LogP contribution in [0.2, 0.25) is 0 Å². The Balaban J connectivity index is 2.01. The minimum atomic E-state index is -0.522. The van der Waals surface area contributed by atoms with E-state index in [9.17, 15) is 4.79 Å². The monoisotopic (exact) mass is 381 g/mol. The van der Waals surface area contributed by atoms with Crippen LogP contribution in [-0.4, -0.2) is 31.5 Å². The molecule has 0 unspecified atom stereocenters. The van der Waals surface area contributed by atoms with E-state index in [1.807, 2.05) is 39.0 Å². The first-order chi connectivity index (χ1) is 10.9. The Labute approximate surface area is 144 Å². The number of benzene rings is 1. The molecule has 23 heavy (non-hydrogen) atoms. The van der Waals surface area contributed by atoms with Gasteiger partial charge in [0.1, 0.15) is 5.60 Å². The van der Waals surface area contributed by atoms with E-state index in [0.29, 0.717) is 13.2 Å². The number of rotatable bonds is 2. The van der Waals surface area contributed by atoms with Gasteiger partial charge in [0, 0.05) is 15.6 Å². The third-order valence-corrected chi connectivity index (χ3v) is 3.54. The van der Waals surface area contributed by atoms with Gasteiger partial charge in [-0.05, 0) is 32.9 Å². The number of hydrogen-bond donors (Lipinski definition) is 1. The third kappa shape index (κ3) is 5.54. The highest BCUT2D eigenvalue weighted by Gasteiger charge is 2.23. The van der Waals surface area contributed by atoms with Crippen molar-refractivity contribution in [1.29, 1.82) is 0 Å². The van der Waals surface area contributed by atoms with Gasteiger partial charge in [0.05, 0.1) is 19.8 Å². The molecule has 5 nitrogen and oxygen atoms in total. The fourth-order valence-corrected chi connectivity index (χ4v) is 2.53. The van der Waals surface area contributed by atoms with Crippen molar-refractivity contribution >= 4 is 22.0 Å². The first kappa shape index (κ1) is 17.8. The summed E-state index contributed by atoms with van der Waals surface area (Å²) in [5.41, 5.74) is 1.15. The zero-order valence-electron chi connectivity index (χ0n) is 13.4. The van der Waals surface area contributed by atoms with E-state index < -0.39 is 18.0 Å². The average molecular weight is 382 g/mol. The Morgan fingerprint density at radius 2 is 2.09 bits per heavy atom. The zero-order chi connectivity index (χ0) is 16.9. The number of hydrogen-bond acceptors (Lipinski definition) is 4. The molecule has 1 heterocycles. The quantitative estimate of drug-likeness (QED) is 0.797. The molecule has 0 aromatic heterocycles. The molecule has 2 rings (SSSR count). The summed E-state index contributed by atoms with van der Waals surface area (Å²) in [5, 5.41) is 2.60. The molecule has 1 aliphatic rings. The molecule has 1 saturated heterocycles. The molecule has 1 aromatic carbocycles. The van der Waals surface area contributed by atoms with E-state index in [-0.39, 0.29) is 6.54 Å². The van der Waals surface area contributed by atoms with Crippen LogP contribution < -0.4 is 5.32 Å². The predicted octanol–water partition coefficient (Wildman–Crippen LogP) is 3.37. The lowest BCUT2D eigenvalue weighted by molar-refractivity contribution is -0.0448. The van der Waals surface area contributed by atoms with Crippen LogP contribution in [-0.2, 0) is 14.2 Å². The van der Waals surface area contributed by atoms with Crippen LogP contribution in [0.1, 0.15) is 38.2 Å². The maximum absolute atomic E-state index is 11.6. The Kier molecular flexibility index (Phi) is 6.05. The highest BCUT2D eigenvalue weighted by atomic mass is 79.9. The van der Waals surface area contributed by atoms with Crippen LogP contribution in [0.25, 0.3) is 0 Å². The van der Waals surface area contributed by atoms with Crippen molar-refractivity contribution in [3.8, 4) is 11.8 Å². The van der Waals surface area contributed by atoms with Crippen molar-refractivity contribution in [2.75, 3.05) is 19.8 Å². The molecule has 0 atom stereocenters. The van der Waals surface area contributed by atoms with Crippen LogP contribution in [0.3, 0.4) is 0 Å². The highest BCUT2D eigenvalue weighted by molar-refractivity contribution is 9.10. The molecule has 6 heteroatoms. The number of amides is 1. The van der Waals surface area contributed by atoms with E-state index in [1.165, 1.54) is 0 Å². The van der Waals surface area contributed by atoms with Gasteiger partial charge >= 0.3 is 6.09 Å². The molecule has 0 bridgehead atoms. The second kappa shape index (κ2) is 7.82. The minimum Gasteiger partial charge on any atom is -0.444 e. The van der Waals surface area contributed by atoms with Gasteiger partial charge in [-0.25, -0.2) is 4.79 Å². The van der Waals surface area contributed by atoms with Crippen molar-refractivity contribution in [1.82, 2.24) is 5.32 Å². The van der Waals surface area contributed by atoms with Gasteiger partial charge in [-0.3, -0.25) is 0 Å². The largest absolute Gasteiger partial charge is 0.444 e. The number of halogens is 1. The zero-order valence-corrected chi connectivity index (χ0v) is 15.0. The number of nitrogens with one attached hydrogen (secondary N) is 1. The lowest BCUT2D eigenvalue weighted by atomic mass is 10.1. The fraction of sp³-hybridized carbons (Fsp3) is 0.471. The summed E-state index contributed by atoms with van der Waals surface area (Å²) in [6.45, 7) is 6.78. The SMILES string of the molecule is CC(C)(C)OC(=O)NCC#Cc1cccc(Br)c1C1OCCO1. The number of alkyl carbamates (subject to hydrolysis) is 1. The topological polar surface area (TPSA) is 56.8 Å². The van der Waals surface area contributed by atoms with Crippen LogP contribution in [0.5, 0.6) is 0 Å². The van der Waals surface area contributed by atoms with Gasteiger partial charge in [0.2, 0.25) is 0 Å². The molecule has 0 spiro atoms.